The molecule has 2 aliphatic rings. The molecule has 0 amide bonds. The van der Waals surface area contributed by atoms with Crippen LogP contribution in [0.5, 0.6) is 0 Å². The van der Waals surface area contributed by atoms with E-state index in [1.165, 1.54) is 0 Å². The molecule has 0 aliphatic carbocycles. The minimum Gasteiger partial charge on any atom is -0.399 e. The van der Waals surface area contributed by atoms with Crippen molar-refractivity contribution in [1.82, 2.24) is 14.7 Å². The van der Waals surface area contributed by atoms with Crippen LogP contribution in [0.3, 0.4) is 0 Å². The molecule has 2 fully saturated rings. The van der Waals surface area contributed by atoms with E-state index in [0.29, 0.717) is 13.1 Å². The van der Waals surface area contributed by atoms with Crippen molar-refractivity contribution >= 4 is 12.6 Å². The van der Waals surface area contributed by atoms with Gasteiger partial charge in [0.2, 0.25) is 0 Å². The van der Waals surface area contributed by atoms with E-state index in [0.717, 1.165) is 25.0 Å². The predicted molar refractivity (Wildman–Crippen MR) is 93.2 cm³/mol. The van der Waals surface area contributed by atoms with Gasteiger partial charge in [-0.15, -0.1) is 0 Å². The second kappa shape index (κ2) is 6.63. The first-order valence-electron chi connectivity index (χ1n) is 9.06. The van der Waals surface area contributed by atoms with Gasteiger partial charge in [-0.1, -0.05) is 0 Å². The first-order valence-corrected chi connectivity index (χ1v) is 9.06. The zero-order valence-corrected chi connectivity index (χ0v) is 15.6. The van der Waals surface area contributed by atoms with E-state index in [1.807, 2.05) is 38.6 Å². The van der Waals surface area contributed by atoms with Crippen LogP contribution < -0.4 is 5.46 Å². The van der Waals surface area contributed by atoms with Crippen molar-refractivity contribution in [3.8, 4) is 0 Å². The standard InChI is InChI=1S/C17H28BF2N3O2/c1-15(2)16(3,4)25-18(24-15)14-12-21-23(13-14)9-5-8-22-10-6-17(19,20)7-11-22/h12-13H,5-11H2,1-4H3. The summed E-state index contributed by atoms with van der Waals surface area (Å²) in [6.07, 6.45) is 4.56. The van der Waals surface area contributed by atoms with Gasteiger partial charge in [0.1, 0.15) is 0 Å². The molecule has 2 saturated heterocycles. The highest BCUT2D eigenvalue weighted by Gasteiger charge is 2.52. The molecule has 5 nitrogen and oxygen atoms in total. The van der Waals surface area contributed by atoms with Gasteiger partial charge in [-0.2, -0.15) is 5.10 Å². The number of rotatable bonds is 5. The maximum Gasteiger partial charge on any atom is 0.498 e. The van der Waals surface area contributed by atoms with Crippen molar-refractivity contribution in [2.45, 2.75) is 70.6 Å². The zero-order valence-electron chi connectivity index (χ0n) is 15.6. The topological polar surface area (TPSA) is 39.5 Å². The molecular weight excluding hydrogens is 327 g/mol. The van der Waals surface area contributed by atoms with Crippen molar-refractivity contribution in [1.29, 1.82) is 0 Å². The van der Waals surface area contributed by atoms with Crippen molar-refractivity contribution in [2.24, 2.45) is 0 Å². The monoisotopic (exact) mass is 355 g/mol. The zero-order chi connectivity index (χ0) is 18.3. The number of aromatic nitrogens is 2. The largest absolute Gasteiger partial charge is 0.498 e. The first kappa shape index (κ1) is 18.8. The quantitative estimate of drug-likeness (QED) is 0.760. The Kier molecular flexibility index (Phi) is 4.99. The summed E-state index contributed by atoms with van der Waals surface area (Å²) in [6, 6.07) is 0. The molecule has 25 heavy (non-hydrogen) atoms. The number of aryl methyl sites for hydroxylation is 1. The smallest absolute Gasteiger partial charge is 0.399 e. The van der Waals surface area contributed by atoms with Crippen LogP contribution in [0.2, 0.25) is 0 Å². The van der Waals surface area contributed by atoms with Crippen LogP contribution in [0.25, 0.3) is 0 Å². The normalized spacial score (nSPS) is 25.4. The summed E-state index contributed by atoms with van der Waals surface area (Å²) in [5, 5.41) is 4.38. The molecule has 3 heterocycles. The van der Waals surface area contributed by atoms with Crippen LogP contribution in [-0.4, -0.2) is 58.6 Å². The molecule has 8 heteroatoms. The van der Waals surface area contributed by atoms with Crippen molar-refractivity contribution in [3.63, 3.8) is 0 Å². The third kappa shape index (κ3) is 4.23. The fourth-order valence-electron chi connectivity index (χ4n) is 3.16. The minimum absolute atomic E-state index is 0.0269. The Bertz CT molecular complexity index is 580. The van der Waals surface area contributed by atoms with Gasteiger partial charge < -0.3 is 14.2 Å². The lowest BCUT2D eigenvalue weighted by Crippen LogP contribution is -2.41. The lowest BCUT2D eigenvalue weighted by atomic mass is 9.82. The van der Waals surface area contributed by atoms with Gasteiger partial charge in [0.25, 0.3) is 5.92 Å². The van der Waals surface area contributed by atoms with E-state index in [-0.39, 0.29) is 24.0 Å². The third-order valence-electron chi connectivity index (χ3n) is 5.63. The molecule has 1 aromatic rings. The summed E-state index contributed by atoms with van der Waals surface area (Å²) >= 11 is 0. The van der Waals surface area contributed by atoms with Gasteiger partial charge in [0.05, 0.1) is 11.2 Å². The lowest BCUT2D eigenvalue weighted by Gasteiger charge is -2.32. The lowest BCUT2D eigenvalue weighted by molar-refractivity contribution is -0.0553. The van der Waals surface area contributed by atoms with Crippen LogP contribution in [0.4, 0.5) is 8.78 Å². The maximum atomic E-state index is 13.2. The molecule has 0 saturated carbocycles. The Balaban J connectivity index is 1.47. The summed E-state index contributed by atoms with van der Waals surface area (Å²) in [5.74, 6) is -2.48. The van der Waals surface area contributed by atoms with Crippen LogP contribution in [0.15, 0.2) is 12.4 Å². The first-order chi connectivity index (χ1) is 11.6. The van der Waals surface area contributed by atoms with E-state index in [4.69, 9.17) is 9.31 Å². The number of piperidine rings is 1. The number of hydrogen-bond donors (Lipinski definition) is 0. The Hall–Kier alpha value is -0.985. The summed E-state index contributed by atoms with van der Waals surface area (Å²) in [4.78, 5) is 2.11. The van der Waals surface area contributed by atoms with E-state index >= 15 is 0 Å². The van der Waals surface area contributed by atoms with E-state index in [1.54, 1.807) is 6.20 Å². The predicted octanol–water partition coefficient (Wildman–Crippen LogP) is 2.30. The molecule has 0 radical (unpaired) electrons. The molecule has 0 spiro atoms. The van der Waals surface area contributed by atoms with Crippen molar-refractivity contribution in [3.05, 3.63) is 12.4 Å². The molecule has 0 N–H and O–H groups in total. The van der Waals surface area contributed by atoms with E-state index < -0.39 is 13.0 Å². The molecule has 0 aromatic carbocycles. The maximum absolute atomic E-state index is 13.2. The van der Waals surface area contributed by atoms with Gasteiger partial charge in [0, 0.05) is 50.3 Å². The number of alkyl halides is 2. The third-order valence-corrected chi connectivity index (χ3v) is 5.63. The fourth-order valence-corrected chi connectivity index (χ4v) is 3.16. The Morgan fingerprint density at radius 2 is 1.68 bits per heavy atom. The summed E-state index contributed by atoms with van der Waals surface area (Å²) in [7, 11) is -0.400. The van der Waals surface area contributed by atoms with Gasteiger partial charge in [-0.25, -0.2) is 8.78 Å². The summed E-state index contributed by atoms with van der Waals surface area (Å²) in [6.45, 7) is 10.6. The number of hydrogen-bond acceptors (Lipinski definition) is 4. The van der Waals surface area contributed by atoms with Crippen LogP contribution in [-0.2, 0) is 15.9 Å². The van der Waals surface area contributed by atoms with Gasteiger partial charge in [-0.05, 0) is 40.7 Å². The van der Waals surface area contributed by atoms with Gasteiger partial charge in [0.15, 0.2) is 0 Å². The summed E-state index contributed by atoms with van der Waals surface area (Å²) < 4.78 is 40.3. The number of nitrogens with zero attached hydrogens (tertiary/aromatic N) is 3. The van der Waals surface area contributed by atoms with Gasteiger partial charge in [-0.3, -0.25) is 4.68 Å². The highest BCUT2D eigenvalue weighted by Crippen LogP contribution is 2.36. The molecule has 1 aromatic heterocycles. The van der Waals surface area contributed by atoms with E-state index in [2.05, 4.69) is 10.00 Å². The minimum atomic E-state index is -2.48. The average molecular weight is 355 g/mol. The van der Waals surface area contributed by atoms with E-state index in [9.17, 15) is 8.78 Å². The molecule has 3 rings (SSSR count). The SMILES string of the molecule is CC1(C)OB(c2cnn(CCCN3CCC(F)(F)CC3)c2)OC1(C)C. The molecule has 0 unspecified atom stereocenters. The van der Waals surface area contributed by atoms with Crippen LogP contribution in [0.1, 0.15) is 47.0 Å². The Morgan fingerprint density at radius 3 is 2.28 bits per heavy atom. The van der Waals surface area contributed by atoms with Crippen LogP contribution >= 0.6 is 0 Å². The molecular formula is C17H28BF2N3O2. The molecule has 2 aliphatic heterocycles. The second-order valence-corrected chi connectivity index (χ2v) is 8.18. The molecule has 0 bridgehead atoms. The Morgan fingerprint density at radius 1 is 1.08 bits per heavy atom. The number of halogens is 2. The average Bonchev–Trinajstić information content (AvgIpc) is 3.04. The van der Waals surface area contributed by atoms with Crippen LogP contribution in [0, 0.1) is 0 Å². The fraction of sp³-hybridized carbons (Fsp3) is 0.824. The van der Waals surface area contributed by atoms with Gasteiger partial charge >= 0.3 is 7.12 Å². The Labute approximate surface area is 148 Å². The highest BCUT2D eigenvalue weighted by atomic mass is 19.3. The molecule has 140 valence electrons. The highest BCUT2D eigenvalue weighted by molar-refractivity contribution is 6.61. The van der Waals surface area contributed by atoms with Crippen molar-refractivity contribution in [2.75, 3.05) is 19.6 Å². The second-order valence-electron chi connectivity index (χ2n) is 8.18. The summed E-state index contributed by atoms with van der Waals surface area (Å²) in [5.41, 5.74) is 0.183. The van der Waals surface area contributed by atoms with Crippen molar-refractivity contribution < 1.29 is 18.1 Å². The number of likely N-dealkylation sites (tertiary alicyclic amines) is 1. The molecule has 0 atom stereocenters.